The van der Waals surface area contributed by atoms with E-state index in [1.165, 1.54) is 25.2 Å². The van der Waals surface area contributed by atoms with Gasteiger partial charge in [0, 0.05) is 0 Å². The van der Waals surface area contributed by atoms with E-state index in [9.17, 15) is 13.2 Å². The molecule has 1 unspecified atom stereocenters. The van der Waals surface area contributed by atoms with Crippen LogP contribution in [-0.2, 0) is 10.0 Å². The van der Waals surface area contributed by atoms with E-state index in [1.807, 2.05) is 0 Å². The Hall–Kier alpha value is -1.31. The van der Waals surface area contributed by atoms with E-state index in [2.05, 4.69) is 10.0 Å². The molecular weight excluding hydrogens is 407 g/mol. The normalized spacial score (nSPS) is 12.7. The Kier molecular flexibility index (Phi) is 6.35. The van der Waals surface area contributed by atoms with Gasteiger partial charge in [-0.25, -0.2) is 13.1 Å². The van der Waals surface area contributed by atoms with Crippen molar-refractivity contribution in [3.8, 4) is 0 Å². The van der Waals surface area contributed by atoms with Gasteiger partial charge < -0.3 is 5.32 Å². The number of rotatable bonds is 5. The molecular formula is C16H15Cl3N2O3S. The summed E-state index contributed by atoms with van der Waals surface area (Å²) in [6.07, 6.45) is 0. The molecule has 0 aromatic heterocycles. The third-order valence-electron chi connectivity index (χ3n) is 3.55. The molecule has 0 aliphatic carbocycles. The van der Waals surface area contributed by atoms with Gasteiger partial charge in [-0.2, -0.15) is 0 Å². The van der Waals surface area contributed by atoms with E-state index in [1.54, 1.807) is 25.1 Å². The topological polar surface area (TPSA) is 75.3 Å². The highest BCUT2D eigenvalue weighted by Gasteiger charge is 2.19. The Bertz CT molecular complexity index is 917. The SMILES string of the molecule is CNS(=O)(=O)c1ccc(Cl)c(C(=O)NC(C)c2ccc(Cl)c(Cl)c2)c1. The molecule has 0 radical (unpaired) electrons. The molecule has 0 saturated heterocycles. The molecule has 0 aliphatic rings. The minimum absolute atomic E-state index is 0.0493. The fourth-order valence-electron chi connectivity index (χ4n) is 2.10. The van der Waals surface area contributed by atoms with Crippen LogP contribution in [0.2, 0.25) is 15.1 Å². The third kappa shape index (κ3) is 4.65. The van der Waals surface area contributed by atoms with Crippen molar-refractivity contribution in [3.05, 3.63) is 62.6 Å². The van der Waals surface area contributed by atoms with Crippen LogP contribution in [0.3, 0.4) is 0 Å². The largest absolute Gasteiger partial charge is 0.345 e. The van der Waals surface area contributed by atoms with Crippen molar-refractivity contribution in [1.82, 2.24) is 10.0 Å². The van der Waals surface area contributed by atoms with Crippen molar-refractivity contribution in [3.63, 3.8) is 0 Å². The lowest BCUT2D eigenvalue weighted by molar-refractivity contribution is 0.0940. The number of carbonyl (C=O) groups is 1. The van der Waals surface area contributed by atoms with Crippen LogP contribution in [0.15, 0.2) is 41.3 Å². The van der Waals surface area contributed by atoms with Crippen molar-refractivity contribution in [1.29, 1.82) is 0 Å². The Morgan fingerprint density at radius 3 is 2.24 bits per heavy atom. The third-order valence-corrected chi connectivity index (χ3v) is 6.03. The number of amides is 1. The van der Waals surface area contributed by atoms with Gasteiger partial charge in [-0.1, -0.05) is 40.9 Å². The van der Waals surface area contributed by atoms with Crippen molar-refractivity contribution >= 4 is 50.7 Å². The summed E-state index contributed by atoms with van der Waals surface area (Å²) in [6, 6.07) is 8.56. The quantitative estimate of drug-likeness (QED) is 0.765. The molecule has 9 heteroatoms. The van der Waals surface area contributed by atoms with Gasteiger partial charge in [0.15, 0.2) is 0 Å². The highest BCUT2D eigenvalue weighted by molar-refractivity contribution is 7.89. The van der Waals surface area contributed by atoms with Crippen molar-refractivity contribution < 1.29 is 13.2 Å². The highest BCUT2D eigenvalue weighted by atomic mass is 35.5. The zero-order valence-electron chi connectivity index (χ0n) is 13.3. The fraction of sp³-hybridized carbons (Fsp3) is 0.188. The van der Waals surface area contributed by atoms with E-state index in [4.69, 9.17) is 34.8 Å². The summed E-state index contributed by atoms with van der Waals surface area (Å²) in [5.41, 5.74) is 0.808. The predicted molar refractivity (Wildman–Crippen MR) is 100 cm³/mol. The van der Waals surface area contributed by atoms with Crippen LogP contribution in [0.1, 0.15) is 28.9 Å². The summed E-state index contributed by atoms with van der Waals surface area (Å²) < 4.78 is 26.0. The number of benzene rings is 2. The zero-order valence-corrected chi connectivity index (χ0v) is 16.4. The summed E-state index contributed by atoms with van der Waals surface area (Å²) in [6.45, 7) is 1.76. The molecule has 0 fully saturated rings. The van der Waals surface area contributed by atoms with E-state index in [0.29, 0.717) is 10.0 Å². The van der Waals surface area contributed by atoms with Gasteiger partial charge in [0.1, 0.15) is 0 Å². The molecule has 5 nitrogen and oxygen atoms in total. The smallest absolute Gasteiger partial charge is 0.253 e. The summed E-state index contributed by atoms with van der Waals surface area (Å²) >= 11 is 17.9. The second kappa shape index (κ2) is 7.93. The summed E-state index contributed by atoms with van der Waals surface area (Å²) in [7, 11) is -2.40. The molecule has 0 spiro atoms. The van der Waals surface area contributed by atoms with Crippen LogP contribution >= 0.6 is 34.8 Å². The molecule has 2 rings (SSSR count). The minimum atomic E-state index is -3.68. The average Bonchev–Trinajstić information content (AvgIpc) is 2.57. The Morgan fingerprint density at radius 2 is 1.64 bits per heavy atom. The maximum atomic E-state index is 12.5. The lowest BCUT2D eigenvalue weighted by Gasteiger charge is -2.16. The molecule has 2 aromatic rings. The number of hydrogen-bond donors (Lipinski definition) is 2. The number of sulfonamides is 1. The molecule has 1 amide bonds. The lowest BCUT2D eigenvalue weighted by atomic mass is 10.1. The minimum Gasteiger partial charge on any atom is -0.345 e. The fourth-order valence-corrected chi connectivity index (χ4v) is 3.37. The number of nitrogens with one attached hydrogen (secondary N) is 2. The van der Waals surface area contributed by atoms with Gasteiger partial charge in [-0.15, -0.1) is 0 Å². The molecule has 2 N–H and O–H groups in total. The van der Waals surface area contributed by atoms with Crippen LogP contribution in [0, 0.1) is 0 Å². The first-order valence-electron chi connectivity index (χ1n) is 7.14. The molecule has 0 saturated carbocycles. The van der Waals surface area contributed by atoms with Crippen LogP contribution < -0.4 is 10.0 Å². The second-order valence-electron chi connectivity index (χ2n) is 5.22. The first-order valence-corrected chi connectivity index (χ1v) is 9.76. The Morgan fingerprint density at radius 1 is 1.00 bits per heavy atom. The van der Waals surface area contributed by atoms with E-state index < -0.39 is 15.9 Å². The van der Waals surface area contributed by atoms with E-state index in [0.717, 1.165) is 5.56 Å². The molecule has 0 bridgehead atoms. The number of carbonyl (C=O) groups excluding carboxylic acids is 1. The van der Waals surface area contributed by atoms with Crippen LogP contribution in [0.25, 0.3) is 0 Å². The summed E-state index contributed by atoms with van der Waals surface area (Å²) in [5.74, 6) is -0.503. The standard InChI is InChI=1S/C16H15Cl3N2O3S/c1-9(10-3-5-14(18)15(19)7-10)21-16(22)12-8-11(4-6-13(12)17)25(23,24)20-2/h3-9,20H,1-2H3,(H,21,22). The molecule has 0 aliphatic heterocycles. The van der Waals surface area contributed by atoms with E-state index >= 15 is 0 Å². The molecule has 0 heterocycles. The Labute approximate surface area is 161 Å². The van der Waals surface area contributed by atoms with Gasteiger partial charge in [0.25, 0.3) is 5.91 Å². The van der Waals surface area contributed by atoms with Crippen molar-refractivity contribution in [2.45, 2.75) is 17.9 Å². The summed E-state index contributed by atoms with van der Waals surface area (Å²) in [4.78, 5) is 12.4. The van der Waals surface area contributed by atoms with Gasteiger partial charge in [-0.3, -0.25) is 4.79 Å². The van der Waals surface area contributed by atoms with E-state index in [-0.39, 0.29) is 21.5 Å². The second-order valence-corrected chi connectivity index (χ2v) is 8.33. The van der Waals surface area contributed by atoms with Crippen molar-refractivity contribution in [2.75, 3.05) is 7.05 Å². The van der Waals surface area contributed by atoms with Crippen LogP contribution in [-0.4, -0.2) is 21.4 Å². The number of halogens is 3. The molecule has 25 heavy (non-hydrogen) atoms. The van der Waals surface area contributed by atoms with Gasteiger partial charge >= 0.3 is 0 Å². The first-order chi connectivity index (χ1) is 11.7. The molecule has 2 aromatic carbocycles. The number of hydrogen-bond acceptors (Lipinski definition) is 3. The van der Waals surface area contributed by atoms with Gasteiger partial charge in [0.2, 0.25) is 10.0 Å². The predicted octanol–water partition coefficient (Wildman–Crippen LogP) is 4.05. The van der Waals surface area contributed by atoms with Crippen LogP contribution in [0.5, 0.6) is 0 Å². The first kappa shape index (κ1) is 20.0. The molecule has 134 valence electrons. The lowest BCUT2D eigenvalue weighted by Crippen LogP contribution is -2.27. The monoisotopic (exact) mass is 420 g/mol. The maximum Gasteiger partial charge on any atom is 0.253 e. The average molecular weight is 422 g/mol. The van der Waals surface area contributed by atoms with Gasteiger partial charge in [0.05, 0.1) is 31.6 Å². The molecule has 1 atom stereocenters. The van der Waals surface area contributed by atoms with Gasteiger partial charge in [-0.05, 0) is 49.9 Å². The van der Waals surface area contributed by atoms with Crippen LogP contribution in [0.4, 0.5) is 0 Å². The Balaban J connectivity index is 2.28. The summed E-state index contributed by atoms with van der Waals surface area (Å²) in [5, 5.41) is 3.69. The highest BCUT2D eigenvalue weighted by Crippen LogP contribution is 2.26. The maximum absolute atomic E-state index is 12.5. The zero-order chi connectivity index (χ0) is 18.8. The van der Waals surface area contributed by atoms with Crippen molar-refractivity contribution in [2.24, 2.45) is 0 Å².